The van der Waals surface area contributed by atoms with Gasteiger partial charge in [-0.1, -0.05) is 0 Å². The van der Waals surface area contributed by atoms with E-state index in [1.165, 1.54) is 12.1 Å². The highest BCUT2D eigenvalue weighted by atomic mass is 19.1. The van der Waals surface area contributed by atoms with E-state index in [1.54, 1.807) is 10.8 Å². The van der Waals surface area contributed by atoms with E-state index in [-0.39, 0.29) is 5.69 Å². The number of nitrogens with zero attached hydrogens (tertiary/aromatic N) is 2. The lowest BCUT2D eigenvalue weighted by atomic mass is 10.3. The molecule has 4 nitrogen and oxygen atoms in total. The van der Waals surface area contributed by atoms with Crippen molar-refractivity contribution < 1.29 is 13.5 Å². The van der Waals surface area contributed by atoms with Gasteiger partial charge in [0.25, 0.3) is 0 Å². The summed E-state index contributed by atoms with van der Waals surface area (Å²) in [6.45, 7) is 5.78. The zero-order chi connectivity index (χ0) is 15.2. The maximum atomic E-state index is 13.9. The summed E-state index contributed by atoms with van der Waals surface area (Å²) in [4.78, 5) is 4.32. The first-order valence-electron chi connectivity index (χ1n) is 6.95. The van der Waals surface area contributed by atoms with E-state index in [1.807, 2.05) is 13.8 Å². The lowest BCUT2D eigenvalue weighted by Gasteiger charge is -2.10. The Kier molecular flexibility index (Phi) is 5.27. The Hall–Kier alpha value is -1.95. The van der Waals surface area contributed by atoms with Crippen molar-refractivity contribution in [2.24, 2.45) is 0 Å². The van der Waals surface area contributed by atoms with Crippen LogP contribution < -0.4 is 5.32 Å². The highest BCUT2D eigenvalue weighted by Gasteiger charge is 2.11. The summed E-state index contributed by atoms with van der Waals surface area (Å²) >= 11 is 0. The average Bonchev–Trinajstić information content (AvgIpc) is 2.79. The maximum Gasteiger partial charge on any atom is 0.207 e. The number of hydrogen-bond acceptors (Lipinski definition) is 3. The van der Waals surface area contributed by atoms with Crippen molar-refractivity contribution in [3.63, 3.8) is 0 Å². The molecule has 1 aromatic heterocycles. The van der Waals surface area contributed by atoms with E-state index in [0.29, 0.717) is 25.7 Å². The molecule has 0 fully saturated rings. The van der Waals surface area contributed by atoms with Crippen molar-refractivity contribution in [2.75, 3.05) is 25.1 Å². The molecule has 0 radical (unpaired) electrons. The maximum absolute atomic E-state index is 13.9. The molecule has 0 amide bonds. The smallest absolute Gasteiger partial charge is 0.207 e. The van der Waals surface area contributed by atoms with E-state index in [2.05, 4.69) is 10.3 Å². The molecule has 1 N–H and O–H groups in total. The third-order valence-corrected chi connectivity index (χ3v) is 2.95. The van der Waals surface area contributed by atoms with Crippen LogP contribution in [0.4, 0.5) is 14.7 Å². The van der Waals surface area contributed by atoms with Crippen molar-refractivity contribution >= 4 is 5.95 Å². The molecule has 0 unspecified atom stereocenters. The van der Waals surface area contributed by atoms with Gasteiger partial charge in [-0.3, -0.25) is 4.57 Å². The van der Waals surface area contributed by atoms with Crippen molar-refractivity contribution in [2.45, 2.75) is 20.3 Å². The molecular formula is C15H19F2N3O. The molecule has 0 aliphatic rings. The topological polar surface area (TPSA) is 39.1 Å². The van der Waals surface area contributed by atoms with Gasteiger partial charge >= 0.3 is 0 Å². The first-order chi connectivity index (χ1) is 10.1. The number of aryl methyl sites for hydroxylation is 1. The Bertz CT molecular complexity index is 599. The minimum absolute atomic E-state index is 0.268. The highest BCUT2D eigenvalue weighted by Crippen LogP contribution is 2.20. The molecule has 0 saturated heterocycles. The third-order valence-electron chi connectivity index (χ3n) is 2.95. The normalized spacial score (nSPS) is 10.9. The van der Waals surface area contributed by atoms with Crippen molar-refractivity contribution in [3.8, 4) is 5.69 Å². The summed E-state index contributed by atoms with van der Waals surface area (Å²) in [5, 5.41) is 3.14. The van der Waals surface area contributed by atoms with E-state index in [0.717, 1.165) is 18.2 Å². The second kappa shape index (κ2) is 7.17. The summed E-state index contributed by atoms with van der Waals surface area (Å²) in [5.74, 6) is -0.682. The number of ether oxygens (including phenoxy) is 1. The van der Waals surface area contributed by atoms with Gasteiger partial charge in [-0.15, -0.1) is 0 Å². The molecule has 2 aromatic rings. The van der Waals surface area contributed by atoms with Crippen molar-refractivity contribution in [1.82, 2.24) is 9.55 Å². The molecule has 0 bridgehead atoms. The minimum Gasteiger partial charge on any atom is -0.382 e. The number of hydrogen-bond donors (Lipinski definition) is 1. The second-order valence-corrected chi connectivity index (χ2v) is 4.65. The fourth-order valence-corrected chi connectivity index (χ4v) is 2.00. The first-order valence-corrected chi connectivity index (χ1v) is 6.95. The lowest BCUT2D eigenvalue weighted by Crippen LogP contribution is -2.10. The van der Waals surface area contributed by atoms with Gasteiger partial charge in [0.05, 0.1) is 11.4 Å². The molecular weight excluding hydrogens is 276 g/mol. The average molecular weight is 295 g/mol. The van der Waals surface area contributed by atoms with E-state index in [4.69, 9.17) is 4.74 Å². The fourth-order valence-electron chi connectivity index (χ4n) is 2.00. The first kappa shape index (κ1) is 15.4. The van der Waals surface area contributed by atoms with Crippen LogP contribution in [0.3, 0.4) is 0 Å². The number of halogens is 2. The van der Waals surface area contributed by atoms with Crippen LogP contribution in [0, 0.1) is 18.6 Å². The fraction of sp³-hybridized carbons (Fsp3) is 0.400. The van der Waals surface area contributed by atoms with Crippen LogP contribution in [0.5, 0.6) is 0 Å². The number of rotatable bonds is 7. The van der Waals surface area contributed by atoms with Gasteiger partial charge in [0.2, 0.25) is 5.95 Å². The van der Waals surface area contributed by atoms with Gasteiger partial charge in [0.1, 0.15) is 11.6 Å². The van der Waals surface area contributed by atoms with E-state index < -0.39 is 11.6 Å². The lowest BCUT2D eigenvalue weighted by molar-refractivity contribution is 0.147. The second-order valence-electron chi connectivity index (χ2n) is 4.65. The van der Waals surface area contributed by atoms with Crippen molar-refractivity contribution in [1.29, 1.82) is 0 Å². The largest absolute Gasteiger partial charge is 0.382 e. The van der Waals surface area contributed by atoms with Crippen LogP contribution in [0.1, 0.15) is 19.0 Å². The minimum atomic E-state index is -0.621. The number of nitrogens with one attached hydrogen (secondary N) is 1. The monoisotopic (exact) mass is 295 g/mol. The summed E-state index contributed by atoms with van der Waals surface area (Å²) in [7, 11) is 0. The van der Waals surface area contributed by atoms with Crippen LogP contribution in [-0.4, -0.2) is 29.3 Å². The summed E-state index contributed by atoms with van der Waals surface area (Å²) in [6.07, 6.45) is 2.53. The predicted molar refractivity (Wildman–Crippen MR) is 77.8 cm³/mol. The van der Waals surface area contributed by atoms with Crippen molar-refractivity contribution in [3.05, 3.63) is 41.7 Å². The van der Waals surface area contributed by atoms with Gasteiger partial charge < -0.3 is 10.1 Å². The number of benzene rings is 1. The number of aromatic nitrogens is 2. The summed E-state index contributed by atoms with van der Waals surface area (Å²) in [5.41, 5.74) is 1.02. The van der Waals surface area contributed by atoms with E-state index in [9.17, 15) is 8.78 Å². The quantitative estimate of drug-likeness (QED) is 0.797. The summed E-state index contributed by atoms with van der Waals surface area (Å²) in [6, 6.07) is 3.49. The predicted octanol–water partition coefficient (Wildman–Crippen LogP) is 3.30. The SMILES string of the molecule is CCOCCCNc1nc(C)cn1-c1ccc(F)cc1F. The Morgan fingerprint density at radius 1 is 1.33 bits per heavy atom. The Morgan fingerprint density at radius 2 is 2.14 bits per heavy atom. The molecule has 1 heterocycles. The molecule has 0 atom stereocenters. The highest BCUT2D eigenvalue weighted by molar-refractivity contribution is 5.44. The molecule has 0 spiro atoms. The molecule has 1 aromatic carbocycles. The van der Waals surface area contributed by atoms with Gasteiger partial charge in [-0.2, -0.15) is 0 Å². The number of imidazole rings is 1. The number of anilines is 1. The zero-order valence-electron chi connectivity index (χ0n) is 12.2. The molecule has 0 aliphatic heterocycles. The van der Waals surface area contributed by atoms with Crippen LogP contribution in [0.15, 0.2) is 24.4 Å². The molecule has 2 rings (SSSR count). The molecule has 0 aliphatic carbocycles. The zero-order valence-corrected chi connectivity index (χ0v) is 12.2. The Morgan fingerprint density at radius 3 is 2.86 bits per heavy atom. The standard InChI is InChI=1S/C15H19F2N3O/c1-3-21-8-4-7-18-15-19-11(2)10-20(15)14-6-5-12(16)9-13(14)17/h5-6,9-10H,3-4,7-8H2,1-2H3,(H,18,19). The van der Waals surface area contributed by atoms with E-state index >= 15 is 0 Å². The van der Waals surface area contributed by atoms with Crippen LogP contribution in [0.2, 0.25) is 0 Å². The van der Waals surface area contributed by atoms with Gasteiger partial charge in [0.15, 0.2) is 0 Å². The molecule has 21 heavy (non-hydrogen) atoms. The van der Waals surface area contributed by atoms with Gasteiger partial charge in [-0.05, 0) is 32.4 Å². The summed E-state index contributed by atoms with van der Waals surface area (Å²) < 4.78 is 33.7. The van der Waals surface area contributed by atoms with Crippen LogP contribution in [-0.2, 0) is 4.74 Å². The Labute approximate surface area is 122 Å². The molecule has 6 heteroatoms. The third kappa shape index (κ3) is 4.01. The Balaban J connectivity index is 2.13. The van der Waals surface area contributed by atoms with Gasteiger partial charge in [-0.25, -0.2) is 13.8 Å². The molecule has 0 saturated carbocycles. The van der Waals surface area contributed by atoms with Gasteiger partial charge in [0, 0.05) is 32.0 Å². The molecule has 114 valence electrons. The van der Waals surface area contributed by atoms with Crippen LogP contribution in [0.25, 0.3) is 5.69 Å². The van der Waals surface area contributed by atoms with Crippen LogP contribution >= 0.6 is 0 Å².